The highest BCUT2D eigenvalue weighted by atomic mass is 35.7. The van der Waals surface area contributed by atoms with Crippen molar-refractivity contribution in [2.24, 2.45) is 0 Å². The monoisotopic (exact) mass is 300 g/mol. The van der Waals surface area contributed by atoms with Gasteiger partial charge in [-0.3, -0.25) is 0 Å². The van der Waals surface area contributed by atoms with Gasteiger partial charge in [0.25, 0.3) is 9.05 Å². The lowest BCUT2D eigenvalue weighted by atomic mass is 10.0. The number of hydrogen-bond donors (Lipinski definition) is 0. The molecule has 0 aromatic heterocycles. The van der Waals surface area contributed by atoms with Crippen LogP contribution in [0.15, 0.2) is 47.4 Å². The van der Waals surface area contributed by atoms with Crippen molar-refractivity contribution in [2.75, 3.05) is 0 Å². The summed E-state index contributed by atoms with van der Waals surface area (Å²) in [7, 11) is 1.56. The van der Waals surface area contributed by atoms with Crippen LogP contribution in [0.4, 0.5) is 0 Å². The molecule has 0 saturated carbocycles. The fraction of sp³-hybridized carbons (Fsp3) is 0.0769. The Bertz CT molecular complexity index is 694. The number of benzene rings is 2. The van der Waals surface area contributed by atoms with Crippen molar-refractivity contribution in [1.82, 2.24) is 0 Å². The second-order valence-corrected chi connectivity index (χ2v) is 6.93. The van der Waals surface area contributed by atoms with E-state index in [-0.39, 0.29) is 4.90 Å². The first kappa shape index (κ1) is 13.4. The van der Waals surface area contributed by atoms with Crippen molar-refractivity contribution < 1.29 is 8.42 Å². The molecule has 0 N–H and O–H groups in total. The Kier molecular flexibility index (Phi) is 3.66. The van der Waals surface area contributed by atoms with E-state index in [0.717, 1.165) is 16.7 Å². The molecule has 0 atom stereocenters. The van der Waals surface area contributed by atoms with E-state index in [2.05, 4.69) is 0 Å². The zero-order chi connectivity index (χ0) is 13.3. The molecule has 0 heterocycles. The van der Waals surface area contributed by atoms with Crippen molar-refractivity contribution in [3.05, 3.63) is 53.1 Å². The van der Waals surface area contributed by atoms with Gasteiger partial charge in [0.05, 0.1) is 4.90 Å². The molecule has 0 unspecified atom stereocenters. The zero-order valence-electron chi connectivity index (χ0n) is 9.52. The maximum atomic E-state index is 11.4. The Morgan fingerprint density at radius 1 is 1.06 bits per heavy atom. The smallest absolute Gasteiger partial charge is 0.207 e. The minimum Gasteiger partial charge on any atom is -0.207 e. The SMILES string of the molecule is Cc1ccccc1-c1cc(Cl)cc(S(=O)(=O)Cl)c1. The maximum absolute atomic E-state index is 11.4. The van der Waals surface area contributed by atoms with Crippen LogP contribution in [0.5, 0.6) is 0 Å². The number of halogens is 2. The summed E-state index contributed by atoms with van der Waals surface area (Å²) in [5, 5.41) is 0.343. The minimum absolute atomic E-state index is 0.00918. The van der Waals surface area contributed by atoms with Crippen molar-refractivity contribution in [1.29, 1.82) is 0 Å². The molecule has 2 nitrogen and oxygen atoms in total. The number of hydrogen-bond acceptors (Lipinski definition) is 2. The van der Waals surface area contributed by atoms with Crippen LogP contribution in [0, 0.1) is 6.92 Å². The Labute approximate surface area is 116 Å². The Morgan fingerprint density at radius 2 is 1.72 bits per heavy atom. The molecule has 2 aromatic rings. The van der Waals surface area contributed by atoms with Crippen LogP contribution >= 0.6 is 22.3 Å². The largest absolute Gasteiger partial charge is 0.261 e. The summed E-state index contributed by atoms with van der Waals surface area (Å²) in [6, 6.07) is 12.2. The van der Waals surface area contributed by atoms with E-state index in [9.17, 15) is 8.42 Å². The predicted molar refractivity (Wildman–Crippen MR) is 74.7 cm³/mol. The minimum atomic E-state index is -3.78. The molecule has 18 heavy (non-hydrogen) atoms. The summed E-state index contributed by atoms with van der Waals surface area (Å²) in [5.41, 5.74) is 2.71. The molecular weight excluding hydrogens is 291 g/mol. The topological polar surface area (TPSA) is 34.1 Å². The first-order valence-electron chi connectivity index (χ1n) is 5.19. The summed E-state index contributed by atoms with van der Waals surface area (Å²) >= 11 is 5.94. The second-order valence-electron chi connectivity index (χ2n) is 3.93. The fourth-order valence-corrected chi connectivity index (χ4v) is 2.86. The highest BCUT2D eigenvalue weighted by Gasteiger charge is 2.13. The molecule has 94 valence electrons. The molecule has 0 aliphatic heterocycles. The summed E-state index contributed by atoms with van der Waals surface area (Å²) in [4.78, 5) is 0.00918. The standard InChI is InChI=1S/C13H10Cl2O2S/c1-9-4-2-3-5-13(9)10-6-11(14)8-12(7-10)18(15,16)17/h2-8H,1H3. The van der Waals surface area contributed by atoms with Gasteiger partial charge in [-0.05, 0) is 41.8 Å². The van der Waals surface area contributed by atoms with E-state index >= 15 is 0 Å². The van der Waals surface area contributed by atoms with Gasteiger partial charge in [-0.15, -0.1) is 0 Å². The molecule has 0 radical (unpaired) electrons. The molecule has 0 bridgehead atoms. The van der Waals surface area contributed by atoms with Crippen molar-refractivity contribution in [3.8, 4) is 11.1 Å². The Morgan fingerprint density at radius 3 is 2.33 bits per heavy atom. The lowest BCUT2D eigenvalue weighted by Crippen LogP contribution is -1.92. The molecule has 0 aliphatic rings. The van der Waals surface area contributed by atoms with Crippen molar-refractivity contribution in [3.63, 3.8) is 0 Å². The molecule has 0 saturated heterocycles. The van der Waals surface area contributed by atoms with Gasteiger partial charge < -0.3 is 0 Å². The van der Waals surface area contributed by atoms with Crippen LogP contribution in [0.2, 0.25) is 5.02 Å². The molecule has 2 rings (SSSR count). The molecule has 0 spiro atoms. The summed E-state index contributed by atoms with van der Waals surface area (Å²) < 4.78 is 22.7. The van der Waals surface area contributed by atoms with Gasteiger partial charge in [0.2, 0.25) is 0 Å². The van der Waals surface area contributed by atoms with E-state index in [1.807, 2.05) is 31.2 Å². The Hall–Kier alpha value is -1.03. The molecular formula is C13H10Cl2O2S. The third-order valence-electron chi connectivity index (χ3n) is 2.61. The maximum Gasteiger partial charge on any atom is 0.261 e. The van der Waals surface area contributed by atoms with Gasteiger partial charge in [-0.2, -0.15) is 0 Å². The summed E-state index contributed by atoms with van der Waals surface area (Å²) in [6.45, 7) is 1.95. The van der Waals surface area contributed by atoms with Crippen LogP contribution in [0.3, 0.4) is 0 Å². The third kappa shape index (κ3) is 2.86. The molecule has 0 amide bonds. The third-order valence-corrected chi connectivity index (χ3v) is 4.16. The average molecular weight is 301 g/mol. The highest BCUT2D eigenvalue weighted by Crippen LogP contribution is 2.30. The average Bonchev–Trinajstić information content (AvgIpc) is 2.27. The summed E-state index contributed by atoms with van der Waals surface area (Å²) in [6.07, 6.45) is 0. The van der Waals surface area contributed by atoms with E-state index in [1.54, 1.807) is 6.07 Å². The normalized spacial score (nSPS) is 11.5. The number of rotatable bonds is 2. The fourth-order valence-electron chi connectivity index (χ4n) is 1.76. The first-order valence-corrected chi connectivity index (χ1v) is 7.88. The van der Waals surface area contributed by atoms with Gasteiger partial charge >= 0.3 is 0 Å². The zero-order valence-corrected chi connectivity index (χ0v) is 11.9. The first-order chi connectivity index (χ1) is 8.38. The summed E-state index contributed by atoms with van der Waals surface area (Å²) in [5.74, 6) is 0. The van der Waals surface area contributed by atoms with Gasteiger partial charge in [0, 0.05) is 15.7 Å². The van der Waals surface area contributed by atoms with Crippen LogP contribution in [-0.2, 0) is 9.05 Å². The molecule has 5 heteroatoms. The highest BCUT2D eigenvalue weighted by molar-refractivity contribution is 8.13. The second kappa shape index (κ2) is 4.92. The molecule has 0 aliphatic carbocycles. The van der Waals surface area contributed by atoms with E-state index in [1.165, 1.54) is 12.1 Å². The lowest BCUT2D eigenvalue weighted by Gasteiger charge is -2.08. The van der Waals surface area contributed by atoms with Crippen LogP contribution < -0.4 is 0 Å². The molecule has 2 aromatic carbocycles. The van der Waals surface area contributed by atoms with E-state index < -0.39 is 9.05 Å². The Balaban J connectivity index is 2.67. The van der Waals surface area contributed by atoms with Gasteiger partial charge in [-0.1, -0.05) is 35.9 Å². The van der Waals surface area contributed by atoms with Gasteiger partial charge in [0.1, 0.15) is 0 Å². The van der Waals surface area contributed by atoms with Gasteiger partial charge in [-0.25, -0.2) is 8.42 Å². The van der Waals surface area contributed by atoms with Crippen molar-refractivity contribution in [2.45, 2.75) is 11.8 Å². The van der Waals surface area contributed by atoms with E-state index in [0.29, 0.717) is 5.02 Å². The number of aryl methyl sites for hydroxylation is 1. The molecule has 0 fully saturated rings. The van der Waals surface area contributed by atoms with Gasteiger partial charge in [0.15, 0.2) is 0 Å². The quantitative estimate of drug-likeness (QED) is 0.777. The van der Waals surface area contributed by atoms with E-state index in [4.69, 9.17) is 22.3 Å². The predicted octanol–water partition coefficient (Wildman–Crippen LogP) is 4.24. The van der Waals surface area contributed by atoms with Crippen molar-refractivity contribution >= 4 is 31.3 Å². The van der Waals surface area contributed by atoms with Crippen LogP contribution in [0.1, 0.15) is 5.56 Å². The lowest BCUT2D eigenvalue weighted by molar-refractivity contribution is 0.609. The van der Waals surface area contributed by atoms with Crippen LogP contribution in [-0.4, -0.2) is 8.42 Å². The van der Waals surface area contributed by atoms with Crippen LogP contribution in [0.25, 0.3) is 11.1 Å².